The van der Waals surface area contributed by atoms with Gasteiger partial charge in [-0.05, 0) is 18.6 Å². The molecule has 1 aliphatic heterocycles. The Labute approximate surface area is 149 Å². The van der Waals surface area contributed by atoms with Crippen LogP contribution in [0, 0.1) is 18.3 Å². The third-order valence-corrected chi connectivity index (χ3v) is 4.57. The van der Waals surface area contributed by atoms with Gasteiger partial charge in [-0.1, -0.05) is 29.8 Å². The van der Waals surface area contributed by atoms with Gasteiger partial charge < -0.3 is 20.1 Å². The first-order valence-corrected chi connectivity index (χ1v) is 8.04. The van der Waals surface area contributed by atoms with E-state index in [0.29, 0.717) is 22.0 Å². The van der Waals surface area contributed by atoms with Crippen LogP contribution in [-0.2, 0) is 6.54 Å². The van der Waals surface area contributed by atoms with Gasteiger partial charge in [-0.2, -0.15) is 5.26 Å². The van der Waals surface area contributed by atoms with E-state index in [4.69, 9.17) is 22.1 Å². The average Bonchev–Trinajstić information content (AvgIpc) is 2.58. The molecule has 0 saturated heterocycles. The van der Waals surface area contributed by atoms with E-state index in [0.717, 1.165) is 0 Å². The largest absolute Gasteiger partial charge is 0.440 e. The number of nitrogens with two attached hydrogens (primary N) is 1. The fraction of sp³-hybridized carbons (Fsp3) is 0.222. The molecule has 128 valence electrons. The molecule has 25 heavy (non-hydrogen) atoms. The number of hydrogen-bond acceptors (Lipinski definition) is 5. The first kappa shape index (κ1) is 17.1. The third-order valence-electron chi connectivity index (χ3n) is 4.23. The number of fused-ring (bicyclic) bond motifs is 1. The SMILES string of the molecule is Cc1cc2c(c(=O)n1CCO)C(c1ccccc1Cl)C(C#N)=C(N)O2. The van der Waals surface area contributed by atoms with Crippen molar-refractivity contribution in [3.05, 3.63) is 74.0 Å². The molecule has 0 fully saturated rings. The molecule has 2 aromatic rings. The Bertz CT molecular complexity index is 973. The van der Waals surface area contributed by atoms with Crippen molar-refractivity contribution in [1.82, 2.24) is 4.57 Å². The molecule has 1 atom stereocenters. The van der Waals surface area contributed by atoms with Crippen LogP contribution in [0.1, 0.15) is 22.7 Å². The van der Waals surface area contributed by atoms with E-state index in [-0.39, 0.29) is 35.7 Å². The van der Waals surface area contributed by atoms with Crippen LogP contribution < -0.4 is 16.0 Å². The summed E-state index contributed by atoms with van der Waals surface area (Å²) in [6, 6.07) is 10.7. The molecule has 0 aliphatic carbocycles. The predicted molar refractivity (Wildman–Crippen MR) is 93.3 cm³/mol. The minimum absolute atomic E-state index is 0.0429. The Hall–Kier alpha value is -2.75. The molecule has 7 heteroatoms. The second-order valence-corrected chi connectivity index (χ2v) is 6.10. The lowest BCUT2D eigenvalue weighted by molar-refractivity contribution is 0.272. The minimum Gasteiger partial charge on any atom is -0.440 e. The van der Waals surface area contributed by atoms with Crippen molar-refractivity contribution >= 4 is 11.6 Å². The molecule has 1 aromatic carbocycles. The molecule has 0 spiro atoms. The van der Waals surface area contributed by atoms with Crippen molar-refractivity contribution in [1.29, 1.82) is 5.26 Å². The van der Waals surface area contributed by atoms with Crippen LogP contribution in [0.4, 0.5) is 0 Å². The number of aryl methyl sites for hydroxylation is 1. The van der Waals surface area contributed by atoms with Gasteiger partial charge in [-0.15, -0.1) is 0 Å². The summed E-state index contributed by atoms with van der Waals surface area (Å²) in [5, 5.41) is 19.2. The minimum atomic E-state index is -0.722. The van der Waals surface area contributed by atoms with Gasteiger partial charge in [0.05, 0.1) is 18.1 Å². The van der Waals surface area contributed by atoms with Gasteiger partial charge in [-0.25, -0.2) is 0 Å². The second-order valence-electron chi connectivity index (χ2n) is 5.69. The number of aliphatic hydroxyl groups is 1. The number of aliphatic hydroxyl groups excluding tert-OH is 1. The maximum Gasteiger partial charge on any atom is 0.258 e. The van der Waals surface area contributed by atoms with Crippen LogP contribution in [0.15, 0.2) is 46.6 Å². The van der Waals surface area contributed by atoms with Crippen molar-refractivity contribution in [2.24, 2.45) is 5.73 Å². The first-order valence-electron chi connectivity index (χ1n) is 7.66. The zero-order chi connectivity index (χ0) is 18.1. The molecule has 0 bridgehead atoms. The highest BCUT2D eigenvalue weighted by molar-refractivity contribution is 6.31. The van der Waals surface area contributed by atoms with Crippen LogP contribution in [-0.4, -0.2) is 16.3 Å². The highest BCUT2D eigenvalue weighted by Gasteiger charge is 2.35. The number of pyridine rings is 1. The fourth-order valence-corrected chi connectivity index (χ4v) is 3.33. The number of nitrogens with zero attached hydrogens (tertiary/aromatic N) is 2. The Kier molecular flexibility index (Phi) is 4.53. The number of rotatable bonds is 3. The highest BCUT2D eigenvalue weighted by Crippen LogP contribution is 2.42. The maximum absolute atomic E-state index is 13.0. The van der Waals surface area contributed by atoms with Crippen LogP contribution in [0.2, 0.25) is 5.02 Å². The van der Waals surface area contributed by atoms with Crippen molar-refractivity contribution < 1.29 is 9.84 Å². The van der Waals surface area contributed by atoms with E-state index in [1.807, 2.05) is 6.07 Å². The monoisotopic (exact) mass is 357 g/mol. The van der Waals surface area contributed by atoms with Gasteiger partial charge >= 0.3 is 0 Å². The van der Waals surface area contributed by atoms with Crippen LogP contribution in [0.3, 0.4) is 0 Å². The molecule has 1 unspecified atom stereocenters. The predicted octanol–water partition coefficient (Wildman–Crippen LogP) is 2.02. The molecule has 3 rings (SSSR count). The summed E-state index contributed by atoms with van der Waals surface area (Å²) >= 11 is 6.32. The zero-order valence-electron chi connectivity index (χ0n) is 13.5. The molecule has 2 heterocycles. The summed E-state index contributed by atoms with van der Waals surface area (Å²) in [6.45, 7) is 1.71. The zero-order valence-corrected chi connectivity index (χ0v) is 14.2. The molecular weight excluding hydrogens is 342 g/mol. The molecule has 6 nitrogen and oxygen atoms in total. The number of ether oxygens (including phenoxy) is 1. The van der Waals surface area contributed by atoms with Gasteiger partial charge in [-0.3, -0.25) is 4.79 Å². The smallest absolute Gasteiger partial charge is 0.258 e. The number of hydrogen-bond donors (Lipinski definition) is 2. The van der Waals surface area contributed by atoms with E-state index >= 15 is 0 Å². The van der Waals surface area contributed by atoms with Gasteiger partial charge in [0, 0.05) is 23.3 Å². The quantitative estimate of drug-likeness (QED) is 0.875. The van der Waals surface area contributed by atoms with Crippen LogP contribution in [0.25, 0.3) is 0 Å². The van der Waals surface area contributed by atoms with E-state index in [1.54, 1.807) is 37.3 Å². The summed E-state index contributed by atoms with van der Waals surface area (Å²) in [5.41, 5.74) is 7.24. The van der Waals surface area contributed by atoms with Crippen molar-refractivity contribution in [3.63, 3.8) is 0 Å². The van der Waals surface area contributed by atoms with E-state index in [1.165, 1.54) is 4.57 Å². The van der Waals surface area contributed by atoms with Crippen molar-refractivity contribution in [3.8, 4) is 11.8 Å². The molecule has 3 N–H and O–H groups in total. The average molecular weight is 358 g/mol. The number of nitriles is 1. The van der Waals surface area contributed by atoms with Crippen LogP contribution >= 0.6 is 11.6 Å². The Morgan fingerprint density at radius 2 is 2.16 bits per heavy atom. The highest BCUT2D eigenvalue weighted by atomic mass is 35.5. The summed E-state index contributed by atoms with van der Waals surface area (Å²) in [5.74, 6) is -0.461. The summed E-state index contributed by atoms with van der Waals surface area (Å²) in [7, 11) is 0. The van der Waals surface area contributed by atoms with E-state index in [2.05, 4.69) is 0 Å². The molecule has 0 saturated carbocycles. The molecule has 1 aliphatic rings. The molecular formula is C18H16ClN3O3. The maximum atomic E-state index is 13.0. The standard InChI is InChI=1S/C18H16ClN3O3/c1-10-8-14-16(18(24)22(10)6-7-23)15(12(9-20)17(21)25-14)11-4-2-3-5-13(11)19/h2-5,8,15,23H,6-7,21H2,1H3. The number of allylic oxidation sites excluding steroid dienone is 1. The summed E-state index contributed by atoms with van der Waals surface area (Å²) < 4.78 is 6.98. The van der Waals surface area contributed by atoms with E-state index < -0.39 is 5.92 Å². The van der Waals surface area contributed by atoms with Crippen LogP contribution in [0.5, 0.6) is 5.75 Å². The van der Waals surface area contributed by atoms with Gasteiger partial charge in [0.25, 0.3) is 5.56 Å². The summed E-state index contributed by atoms with van der Waals surface area (Å²) in [6.07, 6.45) is 0. The molecule has 0 amide bonds. The Morgan fingerprint density at radius 3 is 2.80 bits per heavy atom. The third kappa shape index (κ3) is 2.78. The lowest BCUT2D eigenvalue weighted by Crippen LogP contribution is -2.33. The van der Waals surface area contributed by atoms with Gasteiger partial charge in [0.1, 0.15) is 17.4 Å². The Balaban J connectivity index is 2.35. The van der Waals surface area contributed by atoms with Gasteiger partial charge in [0.15, 0.2) is 0 Å². The van der Waals surface area contributed by atoms with Crippen molar-refractivity contribution in [2.45, 2.75) is 19.4 Å². The molecule has 1 aromatic heterocycles. The lowest BCUT2D eigenvalue weighted by atomic mass is 9.84. The number of aromatic nitrogens is 1. The number of halogens is 1. The second kappa shape index (κ2) is 6.63. The molecule has 0 radical (unpaired) electrons. The Morgan fingerprint density at radius 1 is 1.44 bits per heavy atom. The van der Waals surface area contributed by atoms with E-state index in [9.17, 15) is 15.2 Å². The fourth-order valence-electron chi connectivity index (χ4n) is 3.08. The first-order chi connectivity index (χ1) is 12.0. The normalized spacial score (nSPS) is 16.2. The van der Waals surface area contributed by atoms with Crippen molar-refractivity contribution in [2.75, 3.05) is 6.61 Å². The lowest BCUT2D eigenvalue weighted by Gasteiger charge is -2.27. The number of benzene rings is 1. The topological polar surface area (TPSA) is 101 Å². The summed E-state index contributed by atoms with van der Waals surface area (Å²) in [4.78, 5) is 13.0. The van der Waals surface area contributed by atoms with Gasteiger partial charge in [0.2, 0.25) is 5.88 Å².